The van der Waals surface area contributed by atoms with Gasteiger partial charge < -0.3 is 9.64 Å². The Kier molecular flexibility index (Phi) is 6.83. The van der Waals surface area contributed by atoms with Crippen LogP contribution in [0.2, 0.25) is 0 Å². The minimum absolute atomic E-state index is 0.00815. The van der Waals surface area contributed by atoms with Gasteiger partial charge in [-0.3, -0.25) is 9.59 Å². The number of carbonyl (C=O) groups excluding carboxylic acids is 2. The average Bonchev–Trinajstić information content (AvgIpc) is 2.53. The first-order valence-corrected chi connectivity index (χ1v) is 9.03. The number of likely N-dealkylation sites (N-methyl/N-ethyl adjacent to an activating group) is 1. The van der Waals surface area contributed by atoms with E-state index in [0.717, 1.165) is 12.8 Å². The Morgan fingerprint density at radius 3 is 2.38 bits per heavy atom. The summed E-state index contributed by atoms with van der Waals surface area (Å²) in [6.07, 6.45) is 7.84. The van der Waals surface area contributed by atoms with Gasteiger partial charge in [0.15, 0.2) is 11.9 Å². The fraction of sp³-hybridized carbons (Fsp3) is 0.600. The van der Waals surface area contributed by atoms with Gasteiger partial charge in [-0.2, -0.15) is 0 Å². The van der Waals surface area contributed by atoms with E-state index in [1.54, 1.807) is 31.2 Å². The summed E-state index contributed by atoms with van der Waals surface area (Å²) < 4.78 is 5.79. The number of carbonyl (C=O) groups is 2. The first-order chi connectivity index (χ1) is 11.5. The smallest absolute Gasteiger partial charge is 0.263 e. The number of hydrogen-bond acceptors (Lipinski definition) is 3. The lowest BCUT2D eigenvalue weighted by atomic mass is 9.95. The molecule has 0 unspecified atom stereocenters. The zero-order chi connectivity index (χ0) is 17.5. The van der Waals surface area contributed by atoms with Crippen molar-refractivity contribution in [2.75, 3.05) is 7.05 Å². The van der Waals surface area contributed by atoms with Crippen LogP contribution in [0.15, 0.2) is 24.3 Å². The Labute approximate surface area is 145 Å². The van der Waals surface area contributed by atoms with Crippen LogP contribution in [0.25, 0.3) is 0 Å². The molecule has 1 fully saturated rings. The van der Waals surface area contributed by atoms with Crippen molar-refractivity contribution in [3.05, 3.63) is 29.8 Å². The molecule has 0 aromatic heterocycles. The maximum absolute atomic E-state index is 12.7. The Morgan fingerprint density at radius 2 is 1.75 bits per heavy atom. The van der Waals surface area contributed by atoms with Crippen LogP contribution >= 0.6 is 0 Å². The maximum atomic E-state index is 12.7. The van der Waals surface area contributed by atoms with Crippen LogP contribution in [0.1, 0.15) is 69.2 Å². The van der Waals surface area contributed by atoms with Crippen molar-refractivity contribution in [3.63, 3.8) is 0 Å². The summed E-state index contributed by atoms with van der Waals surface area (Å²) in [6, 6.07) is 7.32. The van der Waals surface area contributed by atoms with Gasteiger partial charge in [-0.05, 0) is 38.8 Å². The topological polar surface area (TPSA) is 46.6 Å². The molecule has 4 nitrogen and oxygen atoms in total. The molecule has 24 heavy (non-hydrogen) atoms. The fourth-order valence-corrected chi connectivity index (χ4v) is 3.33. The van der Waals surface area contributed by atoms with Crippen molar-refractivity contribution >= 4 is 11.7 Å². The molecule has 1 aromatic carbocycles. The van der Waals surface area contributed by atoms with Gasteiger partial charge in [0.05, 0.1) is 0 Å². The minimum Gasteiger partial charge on any atom is -0.481 e. The van der Waals surface area contributed by atoms with Crippen molar-refractivity contribution in [3.8, 4) is 5.75 Å². The standard InChI is InChI=1S/C20H29NO3/c1-15(22)17-10-9-13-19(14-17)24-16(2)20(23)21(3)18-11-7-5-4-6-8-12-18/h9-10,13-14,16,18H,4-8,11-12H2,1-3H3/t16-/m0/s1. The molecular weight excluding hydrogens is 302 g/mol. The Morgan fingerprint density at radius 1 is 1.12 bits per heavy atom. The first kappa shape index (κ1) is 18.5. The predicted octanol–water partition coefficient (Wildman–Crippen LogP) is 4.23. The zero-order valence-corrected chi connectivity index (χ0v) is 15.1. The molecule has 1 aromatic rings. The third-order valence-electron chi connectivity index (χ3n) is 4.87. The highest BCUT2D eigenvalue weighted by molar-refractivity contribution is 5.94. The second-order valence-electron chi connectivity index (χ2n) is 6.79. The molecule has 0 bridgehead atoms. The quantitative estimate of drug-likeness (QED) is 0.759. The van der Waals surface area contributed by atoms with E-state index < -0.39 is 6.10 Å². The number of rotatable bonds is 5. The number of Topliss-reactive ketones (excluding diaryl/α,β-unsaturated/α-hetero) is 1. The summed E-state index contributed by atoms with van der Waals surface area (Å²) in [5.74, 6) is 0.564. The van der Waals surface area contributed by atoms with Gasteiger partial charge in [0, 0.05) is 18.7 Å². The van der Waals surface area contributed by atoms with E-state index in [2.05, 4.69) is 0 Å². The number of benzene rings is 1. The maximum Gasteiger partial charge on any atom is 0.263 e. The third-order valence-corrected chi connectivity index (χ3v) is 4.87. The largest absolute Gasteiger partial charge is 0.481 e. The molecule has 1 aliphatic carbocycles. The highest BCUT2D eigenvalue weighted by Gasteiger charge is 2.25. The molecule has 0 aliphatic heterocycles. The lowest BCUT2D eigenvalue weighted by Crippen LogP contribution is -2.44. The monoisotopic (exact) mass is 331 g/mol. The summed E-state index contributed by atoms with van der Waals surface area (Å²) in [5, 5.41) is 0. The van der Waals surface area contributed by atoms with Gasteiger partial charge in [0.2, 0.25) is 0 Å². The van der Waals surface area contributed by atoms with Crippen LogP contribution in [-0.4, -0.2) is 35.8 Å². The number of nitrogens with zero attached hydrogens (tertiary/aromatic N) is 1. The molecule has 0 spiro atoms. The summed E-state index contributed by atoms with van der Waals surface area (Å²) in [4.78, 5) is 26.0. The molecule has 1 atom stereocenters. The van der Waals surface area contributed by atoms with Crippen LogP contribution in [0.3, 0.4) is 0 Å². The van der Waals surface area contributed by atoms with Crippen LogP contribution in [0.5, 0.6) is 5.75 Å². The van der Waals surface area contributed by atoms with Crippen LogP contribution in [0.4, 0.5) is 0 Å². The number of ketones is 1. The lowest BCUT2D eigenvalue weighted by Gasteiger charge is -2.31. The van der Waals surface area contributed by atoms with Gasteiger partial charge in [-0.15, -0.1) is 0 Å². The fourth-order valence-electron chi connectivity index (χ4n) is 3.33. The van der Waals surface area contributed by atoms with Crippen molar-refractivity contribution in [2.45, 2.75) is 70.9 Å². The van der Waals surface area contributed by atoms with E-state index in [1.807, 2.05) is 11.9 Å². The number of ether oxygens (including phenoxy) is 1. The Hall–Kier alpha value is -1.84. The van der Waals surface area contributed by atoms with Crippen LogP contribution in [0, 0.1) is 0 Å². The van der Waals surface area contributed by atoms with Crippen molar-refractivity contribution in [1.82, 2.24) is 4.90 Å². The summed E-state index contributed by atoms with van der Waals surface area (Å²) in [6.45, 7) is 3.30. The van der Waals surface area contributed by atoms with Crippen molar-refractivity contribution < 1.29 is 14.3 Å². The Balaban J connectivity index is 1.97. The van der Waals surface area contributed by atoms with Crippen LogP contribution < -0.4 is 4.74 Å². The summed E-state index contributed by atoms with van der Waals surface area (Å²) in [7, 11) is 1.89. The molecule has 1 saturated carbocycles. The van der Waals surface area contributed by atoms with Crippen molar-refractivity contribution in [2.24, 2.45) is 0 Å². The molecular formula is C20H29NO3. The summed E-state index contributed by atoms with van der Waals surface area (Å²) in [5.41, 5.74) is 0.598. The van der Waals surface area contributed by atoms with E-state index in [-0.39, 0.29) is 11.7 Å². The number of amides is 1. The molecule has 1 aliphatic rings. The minimum atomic E-state index is -0.553. The summed E-state index contributed by atoms with van der Waals surface area (Å²) >= 11 is 0. The molecule has 1 amide bonds. The highest BCUT2D eigenvalue weighted by Crippen LogP contribution is 2.22. The third kappa shape index (κ3) is 5.08. The lowest BCUT2D eigenvalue weighted by molar-refractivity contribution is -0.139. The SMILES string of the molecule is CC(=O)c1cccc(O[C@@H](C)C(=O)N(C)C2CCCCCCC2)c1. The van der Waals surface area contributed by atoms with E-state index in [0.29, 0.717) is 17.4 Å². The Bertz CT molecular complexity index is 562. The normalized spacial score (nSPS) is 17.5. The second kappa shape index (κ2) is 8.86. The van der Waals surface area contributed by atoms with Crippen LogP contribution in [-0.2, 0) is 4.79 Å². The zero-order valence-electron chi connectivity index (χ0n) is 15.1. The van der Waals surface area contributed by atoms with Gasteiger partial charge in [-0.25, -0.2) is 0 Å². The van der Waals surface area contributed by atoms with Gasteiger partial charge >= 0.3 is 0 Å². The molecule has 0 heterocycles. The van der Waals surface area contributed by atoms with E-state index in [1.165, 1.54) is 39.0 Å². The average molecular weight is 331 g/mol. The van der Waals surface area contributed by atoms with E-state index in [4.69, 9.17) is 4.74 Å². The molecule has 4 heteroatoms. The molecule has 2 rings (SSSR count). The molecule has 0 N–H and O–H groups in total. The van der Waals surface area contributed by atoms with Gasteiger partial charge in [0.1, 0.15) is 5.75 Å². The number of hydrogen-bond donors (Lipinski definition) is 0. The highest BCUT2D eigenvalue weighted by atomic mass is 16.5. The molecule has 0 saturated heterocycles. The van der Waals surface area contributed by atoms with E-state index in [9.17, 15) is 9.59 Å². The second-order valence-corrected chi connectivity index (χ2v) is 6.79. The first-order valence-electron chi connectivity index (χ1n) is 9.03. The van der Waals surface area contributed by atoms with E-state index >= 15 is 0 Å². The molecule has 132 valence electrons. The predicted molar refractivity (Wildman–Crippen MR) is 95.4 cm³/mol. The van der Waals surface area contributed by atoms with Crippen molar-refractivity contribution in [1.29, 1.82) is 0 Å². The van der Waals surface area contributed by atoms with Gasteiger partial charge in [0.25, 0.3) is 5.91 Å². The molecule has 0 radical (unpaired) electrons. The van der Waals surface area contributed by atoms with Gasteiger partial charge in [-0.1, -0.05) is 44.2 Å².